The van der Waals surface area contributed by atoms with Gasteiger partial charge in [-0.05, 0) is 48.9 Å². The number of H-pyrrole nitrogens is 1. The third kappa shape index (κ3) is 6.87. The van der Waals surface area contributed by atoms with Crippen LogP contribution >= 0.6 is 11.6 Å². The third-order valence-corrected chi connectivity index (χ3v) is 8.05. The molecule has 0 bridgehead atoms. The molecule has 0 spiro atoms. The molecule has 14 heteroatoms. The van der Waals surface area contributed by atoms with Gasteiger partial charge in [0.15, 0.2) is 0 Å². The van der Waals surface area contributed by atoms with Crippen molar-refractivity contribution in [3.05, 3.63) is 89.6 Å². The number of anilines is 2. The van der Waals surface area contributed by atoms with E-state index >= 15 is 0 Å². The molecule has 1 fully saturated rings. The van der Waals surface area contributed by atoms with Gasteiger partial charge in [0, 0.05) is 49.0 Å². The first-order chi connectivity index (χ1) is 22.5. The Balaban J connectivity index is 1.20. The highest BCUT2D eigenvalue weighted by atomic mass is 35.5. The van der Waals surface area contributed by atoms with Crippen molar-refractivity contribution in [2.24, 2.45) is 0 Å². The van der Waals surface area contributed by atoms with E-state index < -0.39 is 0 Å². The number of hydrogen-bond acceptors (Lipinski definition) is 10. The number of hydrogen-bond donors (Lipinski definition) is 3. The number of rotatable bonds is 9. The van der Waals surface area contributed by atoms with Crippen LogP contribution in [0, 0.1) is 11.3 Å². The molecule has 3 N–H and O–H groups in total. The van der Waals surface area contributed by atoms with Crippen LogP contribution in [0.2, 0.25) is 5.02 Å². The van der Waals surface area contributed by atoms with Crippen molar-refractivity contribution < 1.29 is 9.53 Å². The lowest BCUT2D eigenvalue weighted by atomic mass is 9.90. The summed E-state index contributed by atoms with van der Waals surface area (Å²) >= 11 is 6.25. The number of nitriles is 1. The Hall–Kier alpha value is -5.61. The minimum Gasteiger partial charge on any atom is -0.467 e. The number of halogens is 1. The number of nitrogens with zero attached hydrogens (tertiary/aromatic N) is 8. The summed E-state index contributed by atoms with van der Waals surface area (Å²) in [7, 11) is 1.52. The Morgan fingerprint density at radius 3 is 2.52 bits per heavy atom. The molecule has 4 heterocycles. The van der Waals surface area contributed by atoms with E-state index in [9.17, 15) is 10.1 Å². The van der Waals surface area contributed by atoms with Crippen LogP contribution in [0.5, 0.6) is 6.01 Å². The number of methoxy groups -OCH3 is 1. The third-order valence-electron chi connectivity index (χ3n) is 7.76. The number of aromatic nitrogens is 7. The molecule has 5 aromatic rings. The fraction of sp³-hybridized carbons (Fsp3) is 0.250. The van der Waals surface area contributed by atoms with E-state index in [0.29, 0.717) is 47.6 Å². The second-order valence-corrected chi connectivity index (χ2v) is 11.1. The summed E-state index contributed by atoms with van der Waals surface area (Å²) in [5.74, 6) is 0.913. The topological polar surface area (TPSA) is 171 Å². The lowest BCUT2D eigenvalue weighted by Crippen LogP contribution is -2.49. The molecule has 1 aliphatic carbocycles. The predicted octanol–water partition coefficient (Wildman–Crippen LogP) is 5.39. The normalized spacial score (nSPS) is 15.8. The first kappa shape index (κ1) is 30.4. The number of benzene rings is 1. The molecular weight excluding hydrogens is 606 g/mol. The Morgan fingerprint density at radius 1 is 1.04 bits per heavy atom. The van der Waals surface area contributed by atoms with E-state index in [0.717, 1.165) is 29.5 Å². The number of ether oxygens (including phenoxy) is 1. The van der Waals surface area contributed by atoms with E-state index in [4.69, 9.17) is 16.3 Å². The van der Waals surface area contributed by atoms with Gasteiger partial charge in [0.05, 0.1) is 23.9 Å². The Bertz CT molecular complexity index is 1840. The van der Waals surface area contributed by atoms with Crippen LogP contribution in [0.25, 0.3) is 22.5 Å². The second kappa shape index (κ2) is 14.0. The average molecular weight is 636 g/mol. The van der Waals surface area contributed by atoms with Gasteiger partial charge in [0.1, 0.15) is 23.3 Å². The predicted molar refractivity (Wildman–Crippen MR) is 172 cm³/mol. The summed E-state index contributed by atoms with van der Waals surface area (Å²) in [5.41, 5.74) is 3.62. The number of aromatic amines is 1. The molecule has 6 rings (SSSR count). The van der Waals surface area contributed by atoms with E-state index in [1.54, 1.807) is 23.5 Å². The van der Waals surface area contributed by atoms with Gasteiger partial charge in [-0.1, -0.05) is 41.9 Å². The van der Waals surface area contributed by atoms with E-state index in [2.05, 4.69) is 51.8 Å². The molecule has 0 aliphatic heterocycles. The first-order valence-electron chi connectivity index (χ1n) is 14.7. The molecule has 0 saturated heterocycles. The van der Waals surface area contributed by atoms with Crippen molar-refractivity contribution in [2.75, 3.05) is 17.3 Å². The average Bonchev–Trinajstić information content (AvgIpc) is 3.54. The maximum Gasteiger partial charge on any atom is 0.323 e. The first-order valence-corrected chi connectivity index (χ1v) is 15.1. The van der Waals surface area contributed by atoms with Gasteiger partial charge >= 0.3 is 12.0 Å². The summed E-state index contributed by atoms with van der Waals surface area (Å²) in [5, 5.41) is 23.2. The molecule has 13 nitrogen and oxygen atoms in total. The Morgan fingerprint density at radius 2 is 1.83 bits per heavy atom. The van der Waals surface area contributed by atoms with Crippen molar-refractivity contribution in [1.29, 1.82) is 5.26 Å². The van der Waals surface area contributed by atoms with Crippen LogP contribution in [0.3, 0.4) is 0 Å². The fourth-order valence-corrected chi connectivity index (χ4v) is 5.61. The highest BCUT2D eigenvalue weighted by molar-refractivity contribution is 6.32. The molecule has 1 saturated carbocycles. The zero-order chi connectivity index (χ0) is 31.9. The lowest BCUT2D eigenvalue weighted by molar-refractivity contribution is 0.240. The molecule has 46 heavy (non-hydrogen) atoms. The maximum absolute atomic E-state index is 13.8. The van der Waals surface area contributed by atoms with Gasteiger partial charge in [-0.25, -0.2) is 29.7 Å². The number of amides is 2. The van der Waals surface area contributed by atoms with Crippen molar-refractivity contribution in [1.82, 2.24) is 40.4 Å². The molecule has 0 atom stereocenters. The van der Waals surface area contributed by atoms with Gasteiger partial charge in [-0.15, -0.1) is 0 Å². The summed E-state index contributed by atoms with van der Waals surface area (Å²) in [6.07, 6.45) is 11.0. The Labute approximate surface area is 270 Å². The van der Waals surface area contributed by atoms with E-state index in [1.807, 2.05) is 42.5 Å². The summed E-state index contributed by atoms with van der Waals surface area (Å²) in [6, 6.07) is 15.6. The zero-order valence-corrected chi connectivity index (χ0v) is 25.6. The van der Waals surface area contributed by atoms with Crippen LogP contribution in [-0.2, 0) is 6.54 Å². The van der Waals surface area contributed by atoms with E-state index in [-0.39, 0.29) is 29.7 Å². The number of carbonyl (C=O) groups excluding carboxylic acids is 1. The quantitative estimate of drug-likeness (QED) is 0.191. The SMILES string of the molecule is COc1ncc(-c2ccnc(N(C(=O)NCc3ccccc3)C3CCC(Nc4ncc(C#N)c(-c5n[nH]cc5Cl)n4)CC3)c2)cn1. The maximum atomic E-state index is 13.8. The molecule has 0 radical (unpaired) electrons. The van der Waals surface area contributed by atoms with Gasteiger partial charge in [-0.2, -0.15) is 10.4 Å². The molecule has 4 aromatic heterocycles. The van der Waals surface area contributed by atoms with Crippen LogP contribution < -0.4 is 20.3 Å². The van der Waals surface area contributed by atoms with Crippen LogP contribution in [-0.4, -0.2) is 60.3 Å². The number of pyridine rings is 1. The van der Waals surface area contributed by atoms with Crippen molar-refractivity contribution >= 4 is 29.4 Å². The van der Waals surface area contributed by atoms with Gasteiger partial charge in [0.25, 0.3) is 0 Å². The minimum absolute atomic E-state index is 0.0525. The molecule has 1 aliphatic rings. The standard InChI is InChI=1S/C32H30ClN11O2/c1-46-31-37-17-23(18-38-31)21-11-12-35-27(13-21)44(32(45)39-15-20-5-3-2-4-6-20)25-9-7-24(8-10-25)41-30-36-16-22(14-34)28(42-30)29-26(33)19-40-43-29/h2-6,11-13,16-19,24-25H,7-10,15H2,1H3,(H,39,45)(H,40,43)(H,36,41,42). The van der Waals surface area contributed by atoms with Crippen molar-refractivity contribution in [2.45, 2.75) is 44.3 Å². The minimum atomic E-state index is -0.230. The molecular formula is C32H30ClN11O2. The van der Waals surface area contributed by atoms with Crippen LogP contribution in [0.15, 0.2) is 73.4 Å². The number of carbonyl (C=O) groups is 1. The highest BCUT2D eigenvalue weighted by Crippen LogP contribution is 2.31. The smallest absolute Gasteiger partial charge is 0.323 e. The molecule has 0 unspecified atom stereocenters. The van der Waals surface area contributed by atoms with Gasteiger partial charge in [-0.3, -0.25) is 10.00 Å². The Kier molecular flexibility index (Phi) is 9.26. The monoisotopic (exact) mass is 635 g/mol. The summed E-state index contributed by atoms with van der Waals surface area (Å²) < 4.78 is 5.09. The fourth-order valence-electron chi connectivity index (χ4n) is 5.43. The number of nitrogens with one attached hydrogen (secondary N) is 3. The van der Waals surface area contributed by atoms with Crippen molar-refractivity contribution in [3.63, 3.8) is 0 Å². The zero-order valence-electron chi connectivity index (χ0n) is 24.9. The van der Waals surface area contributed by atoms with Gasteiger partial charge < -0.3 is 15.4 Å². The molecule has 232 valence electrons. The van der Waals surface area contributed by atoms with Crippen LogP contribution in [0.4, 0.5) is 16.6 Å². The van der Waals surface area contributed by atoms with Crippen molar-refractivity contribution in [3.8, 4) is 34.6 Å². The highest BCUT2D eigenvalue weighted by Gasteiger charge is 2.31. The molecule has 1 aromatic carbocycles. The summed E-state index contributed by atoms with van der Waals surface area (Å²) in [4.78, 5) is 37.5. The number of urea groups is 1. The van der Waals surface area contributed by atoms with Gasteiger partial charge in [0.2, 0.25) is 5.95 Å². The van der Waals surface area contributed by atoms with E-state index in [1.165, 1.54) is 19.5 Å². The summed E-state index contributed by atoms with van der Waals surface area (Å²) in [6.45, 7) is 0.386. The largest absolute Gasteiger partial charge is 0.467 e. The molecule has 2 amide bonds. The second-order valence-electron chi connectivity index (χ2n) is 10.7. The van der Waals surface area contributed by atoms with Crippen LogP contribution in [0.1, 0.15) is 36.8 Å². The lowest BCUT2D eigenvalue weighted by Gasteiger charge is -2.36.